The predicted molar refractivity (Wildman–Crippen MR) is 70.4 cm³/mol. The fourth-order valence-electron chi connectivity index (χ4n) is 1.53. The summed E-state index contributed by atoms with van der Waals surface area (Å²) < 4.78 is 0. The molecule has 0 aliphatic carbocycles. The second kappa shape index (κ2) is 5.99. The predicted octanol–water partition coefficient (Wildman–Crippen LogP) is 2.66. The highest BCUT2D eigenvalue weighted by atomic mass is 35.5. The van der Waals surface area contributed by atoms with Crippen LogP contribution in [0.3, 0.4) is 0 Å². The number of nitriles is 1. The van der Waals surface area contributed by atoms with Gasteiger partial charge in [0.05, 0.1) is 11.8 Å². The number of hydrogen-bond donors (Lipinski definition) is 1. The van der Waals surface area contributed by atoms with Gasteiger partial charge >= 0.3 is 0 Å². The molecule has 1 aromatic carbocycles. The Hall–Kier alpha value is -2.12. The molecule has 1 aromatic heterocycles. The molecule has 0 fully saturated rings. The number of hydrogen-bond acceptors (Lipinski definition) is 4. The Balaban J connectivity index is 1.93. The van der Waals surface area contributed by atoms with Gasteiger partial charge in [-0.15, -0.1) is 5.10 Å². The van der Waals surface area contributed by atoms with Crippen molar-refractivity contribution in [2.45, 2.75) is 6.42 Å². The zero-order valence-electron chi connectivity index (χ0n) is 9.60. The molecule has 2 aromatic rings. The van der Waals surface area contributed by atoms with Gasteiger partial charge in [0, 0.05) is 11.6 Å². The molecule has 0 saturated heterocycles. The van der Waals surface area contributed by atoms with Gasteiger partial charge in [0.1, 0.15) is 6.07 Å². The molecule has 18 heavy (non-hydrogen) atoms. The Morgan fingerprint density at radius 1 is 1.22 bits per heavy atom. The van der Waals surface area contributed by atoms with Crippen LogP contribution < -0.4 is 5.32 Å². The van der Waals surface area contributed by atoms with E-state index in [4.69, 9.17) is 16.9 Å². The number of nitrogens with zero attached hydrogens (tertiary/aromatic N) is 3. The molecule has 2 rings (SSSR count). The Kier molecular flexibility index (Phi) is 4.11. The molecule has 1 heterocycles. The van der Waals surface area contributed by atoms with E-state index >= 15 is 0 Å². The van der Waals surface area contributed by atoms with Crippen molar-refractivity contribution in [3.63, 3.8) is 0 Å². The lowest BCUT2D eigenvalue weighted by molar-refractivity contribution is 0.963. The molecule has 0 radical (unpaired) electrons. The van der Waals surface area contributed by atoms with Crippen LogP contribution in [0.2, 0.25) is 5.02 Å². The zero-order chi connectivity index (χ0) is 12.8. The van der Waals surface area contributed by atoms with E-state index in [-0.39, 0.29) is 0 Å². The van der Waals surface area contributed by atoms with Gasteiger partial charge in [0.2, 0.25) is 0 Å². The third kappa shape index (κ3) is 3.19. The van der Waals surface area contributed by atoms with Crippen LogP contribution in [-0.4, -0.2) is 16.7 Å². The van der Waals surface area contributed by atoms with E-state index in [1.165, 1.54) is 11.8 Å². The molecular weight excluding hydrogens is 248 g/mol. The number of rotatable bonds is 4. The van der Waals surface area contributed by atoms with Crippen LogP contribution in [0.4, 0.5) is 5.82 Å². The van der Waals surface area contributed by atoms with Crippen LogP contribution in [0.1, 0.15) is 11.1 Å². The summed E-state index contributed by atoms with van der Waals surface area (Å²) in [6.45, 7) is 0.689. The maximum absolute atomic E-state index is 8.89. The summed E-state index contributed by atoms with van der Waals surface area (Å²) in [5, 5.41) is 20.4. The molecule has 0 atom stereocenters. The Bertz CT molecular complexity index is 560. The molecule has 0 amide bonds. The number of benzene rings is 1. The van der Waals surface area contributed by atoms with Gasteiger partial charge < -0.3 is 5.32 Å². The number of halogens is 1. The Morgan fingerprint density at radius 3 is 2.72 bits per heavy atom. The summed E-state index contributed by atoms with van der Waals surface area (Å²) in [6.07, 6.45) is 2.33. The largest absolute Gasteiger partial charge is 0.367 e. The second-order valence-corrected chi connectivity index (χ2v) is 4.14. The van der Waals surface area contributed by atoms with Crippen molar-refractivity contribution in [1.82, 2.24) is 10.2 Å². The van der Waals surface area contributed by atoms with E-state index in [1.54, 1.807) is 6.07 Å². The van der Waals surface area contributed by atoms with E-state index in [0.29, 0.717) is 17.9 Å². The minimum atomic E-state index is 0.501. The monoisotopic (exact) mass is 258 g/mol. The molecular formula is C13H11ClN4. The quantitative estimate of drug-likeness (QED) is 0.916. The molecule has 0 aliphatic rings. The van der Waals surface area contributed by atoms with E-state index in [1.807, 2.05) is 24.3 Å². The van der Waals surface area contributed by atoms with E-state index in [9.17, 15) is 0 Å². The highest BCUT2D eigenvalue weighted by molar-refractivity contribution is 6.30. The van der Waals surface area contributed by atoms with E-state index < -0.39 is 0 Å². The smallest absolute Gasteiger partial charge is 0.166 e. The zero-order valence-corrected chi connectivity index (χ0v) is 10.4. The van der Waals surface area contributed by atoms with Crippen molar-refractivity contribution < 1.29 is 0 Å². The number of nitrogens with one attached hydrogen (secondary N) is 1. The standard InChI is InChI=1S/C13H11ClN4/c14-12-3-1-10(2-4-12)5-7-16-13-11(9-15)6-8-17-18-13/h1-4,6,8H,5,7H2,(H,16,18). The molecule has 0 spiro atoms. The van der Waals surface area contributed by atoms with Crippen LogP contribution >= 0.6 is 11.6 Å². The van der Waals surface area contributed by atoms with Crippen molar-refractivity contribution in [3.05, 3.63) is 52.7 Å². The topological polar surface area (TPSA) is 61.6 Å². The Labute approximate surface area is 110 Å². The third-order valence-electron chi connectivity index (χ3n) is 2.46. The molecule has 1 N–H and O–H groups in total. The average Bonchev–Trinajstić information content (AvgIpc) is 2.41. The van der Waals surface area contributed by atoms with E-state index in [0.717, 1.165) is 11.4 Å². The van der Waals surface area contributed by atoms with Gasteiger partial charge in [0.25, 0.3) is 0 Å². The van der Waals surface area contributed by atoms with Crippen LogP contribution in [0, 0.1) is 11.3 Å². The fraction of sp³-hybridized carbons (Fsp3) is 0.154. The van der Waals surface area contributed by atoms with E-state index in [2.05, 4.69) is 21.6 Å². The first-order valence-electron chi connectivity index (χ1n) is 5.49. The molecule has 4 nitrogen and oxygen atoms in total. The van der Waals surface area contributed by atoms with Gasteiger partial charge in [-0.1, -0.05) is 23.7 Å². The van der Waals surface area contributed by atoms with Gasteiger partial charge in [-0.25, -0.2) is 0 Å². The molecule has 90 valence electrons. The summed E-state index contributed by atoms with van der Waals surface area (Å²) >= 11 is 5.81. The minimum absolute atomic E-state index is 0.501. The summed E-state index contributed by atoms with van der Waals surface area (Å²) in [7, 11) is 0. The highest BCUT2D eigenvalue weighted by Gasteiger charge is 2.02. The molecule has 0 saturated carbocycles. The molecule has 0 bridgehead atoms. The van der Waals surface area contributed by atoms with Crippen molar-refractivity contribution in [2.24, 2.45) is 0 Å². The van der Waals surface area contributed by atoms with Crippen molar-refractivity contribution >= 4 is 17.4 Å². The fourth-order valence-corrected chi connectivity index (χ4v) is 1.65. The maximum Gasteiger partial charge on any atom is 0.166 e. The van der Waals surface area contributed by atoms with Gasteiger partial charge in [-0.3, -0.25) is 0 Å². The van der Waals surface area contributed by atoms with Crippen molar-refractivity contribution in [1.29, 1.82) is 5.26 Å². The lowest BCUT2D eigenvalue weighted by Crippen LogP contribution is -2.08. The first kappa shape index (κ1) is 12.3. The first-order chi connectivity index (χ1) is 8.79. The molecule has 0 aliphatic heterocycles. The summed E-state index contributed by atoms with van der Waals surface area (Å²) in [4.78, 5) is 0. The normalized spacial score (nSPS) is 9.78. The van der Waals surface area contributed by atoms with Crippen LogP contribution in [0.5, 0.6) is 0 Å². The lowest BCUT2D eigenvalue weighted by Gasteiger charge is -2.06. The van der Waals surface area contributed by atoms with Gasteiger partial charge in [-0.2, -0.15) is 10.4 Å². The second-order valence-electron chi connectivity index (χ2n) is 3.71. The lowest BCUT2D eigenvalue weighted by atomic mass is 10.1. The minimum Gasteiger partial charge on any atom is -0.367 e. The van der Waals surface area contributed by atoms with Crippen LogP contribution in [0.15, 0.2) is 36.5 Å². The summed E-state index contributed by atoms with van der Waals surface area (Å²) in [5.74, 6) is 0.522. The van der Waals surface area contributed by atoms with Crippen molar-refractivity contribution in [2.75, 3.05) is 11.9 Å². The van der Waals surface area contributed by atoms with Gasteiger partial charge in [0.15, 0.2) is 5.82 Å². The Morgan fingerprint density at radius 2 is 2.00 bits per heavy atom. The first-order valence-corrected chi connectivity index (χ1v) is 5.87. The van der Waals surface area contributed by atoms with Crippen molar-refractivity contribution in [3.8, 4) is 6.07 Å². The molecule has 5 heteroatoms. The van der Waals surface area contributed by atoms with Gasteiger partial charge in [-0.05, 0) is 30.2 Å². The molecule has 0 unspecified atom stereocenters. The summed E-state index contributed by atoms with van der Waals surface area (Å²) in [6, 6.07) is 11.4. The van der Waals surface area contributed by atoms with Crippen LogP contribution in [0.25, 0.3) is 0 Å². The number of anilines is 1. The van der Waals surface area contributed by atoms with Crippen LogP contribution in [-0.2, 0) is 6.42 Å². The highest BCUT2D eigenvalue weighted by Crippen LogP contribution is 2.11. The summed E-state index contributed by atoms with van der Waals surface area (Å²) in [5.41, 5.74) is 1.68. The maximum atomic E-state index is 8.89. The third-order valence-corrected chi connectivity index (χ3v) is 2.71. The SMILES string of the molecule is N#Cc1ccnnc1NCCc1ccc(Cl)cc1. The number of aromatic nitrogens is 2. The average molecular weight is 259 g/mol.